The summed E-state index contributed by atoms with van der Waals surface area (Å²) in [5.41, 5.74) is 2.63. The highest BCUT2D eigenvalue weighted by Crippen LogP contribution is 2.28. The molecular formula is C22H31N3O2. The third-order valence-electron chi connectivity index (χ3n) is 5.46. The SMILES string of the molecule is COc1ccc(CCN(C)[C@H]2CCCN(Cc3ccncc3)C2)cc1OC. The van der Waals surface area contributed by atoms with E-state index < -0.39 is 0 Å². The molecule has 1 aromatic carbocycles. The number of ether oxygens (including phenoxy) is 2. The molecule has 146 valence electrons. The predicted molar refractivity (Wildman–Crippen MR) is 108 cm³/mol. The molecule has 1 saturated heterocycles. The number of hydrogen-bond donors (Lipinski definition) is 0. The molecule has 5 heteroatoms. The number of benzene rings is 1. The van der Waals surface area contributed by atoms with Crippen LogP contribution in [0.15, 0.2) is 42.7 Å². The standard InChI is InChI=1S/C22H31N3O2/c1-24(14-10-18-6-7-21(26-2)22(15-18)27-3)20-5-4-13-25(17-20)16-19-8-11-23-12-9-19/h6-9,11-12,15,20H,4-5,10,13-14,16-17H2,1-3H3/t20-/m0/s1. The Hall–Kier alpha value is -2.11. The van der Waals surface area contributed by atoms with Crippen LogP contribution in [-0.2, 0) is 13.0 Å². The Labute approximate surface area is 162 Å². The van der Waals surface area contributed by atoms with E-state index in [0.29, 0.717) is 6.04 Å². The Morgan fingerprint density at radius 3 is 2.59 bits per heavy atom. The maximum atomic E-state index is 5.42. The molecule has 0 radical (unpaired) electrons. The minimum atomic E-state index is 0.612. The van der Waals surface area contributed by atoms with Gasteiger partial charge in [-0.05, 0) is 68.2 Å². The van der Waals surface area contributed by atoms with Crippen molar-refractivity contribution in [2.24, 2.45) is 0 Å². The van der Waals surface area contributed by atoms with Crippen molar-refractivity contribution in [2.75, 3.05) is 40.9 Å². The van der Waals surface area contributed by atoms with Crippen molar-refractivity contribution in [3.8, 4) is 11.5 Å². The first kappa shape index (κ1) is 19.6. The fraction of sp³-hybridized carbons (Fsp3) is 0.500. The van der Waals surface area contributed by atoms with E-state index in [1.165, 1.54) is 30.5 Å². The molecule has 27 heavy (non-hydrogen) atoms. The zero-order chi connectivity index (χ0) is 19.1. The van der Waals surface area contributed by atoms with Crippen LogP contribution in [0.5, 0.6) is 11.5 Å². The average molecular weight is 370 g/mol. The van der Waals surface area contributed by atoms with Crippen LogP contribution in [0.25, 0.3) is 0 Å². The van der Waals surface area contributed by atoms with Gasteiger partial charge < -0.3 is 14.4 Å². The van der Waals surface area contributed by atoms with Crippen molar-refractivity contribution < 1.29 is 9.47 Å². The molecule has 5 nitrogen and oxygen atoms in total. The number of likely N-dealkylation sites (N-methyl/N-ethyl adjacent to an activating group) is 1. The molecule has 0 unspecified atom stereocenters. The van der Waals surface area contributed by atoms with Crippen LogP contribution in [0.3, 0.4) is 0 Å². The highest BCUT2D eigenvalue weighted by Gasteiger charge is 2.23. The molecule has 1 atom stereocenters. The molecule has 0 amide bonds. The van der Waals surface area contributed by atoms with E-state index in [0.717, 1.165) is 37.6 Å². The fourth-order valence-corrected chi connectivity index (χ4v) is 3.81. The number of likely N-dealkylation sites (tertiary alicyclic amines) is 1. The Morgan fingerprint density at radius 1 is 1.07 bits per heavy atom. The summed E-state index contributed by atoms with van der Waals surface area (Å²) in [6.07, 6.45) is 7.31. The molecule has 0 N–H and O–H groups in total. The Kier molecular flexibility index (Phi) is 7.07. The number of aromatic nitrogens is 1. The van der Waals surface area contributed by atoms with Gasteiger partial charge in [0.25, 0.3) is 0 Å². The molecule has 0 bridgehead atoms. The normalized spacial score (nSPS) is 17.9. The van der Waals surface area contributed by atoms with E-state index in [-0.39, 0.29) is 0 Å². The van der Waals surface area contributed by atoms with Gasteiger partial charge in [0.1, 0.15) is 0 Å². The number of nitrogens with zero attached hydrogens (tertiary/aromatic N) is 3. The summed E-state index contributed by atoms with van der Waals surface area (Å²) in [5.74, 6) is 1.59. The van der Waals surface area contributed by atoms with Crippen molar-refractivity contribution in [3.63, 3.8) is 0 Å². The molecule has 0 aliphatic carbocycles. The molecule has 1 fully saturated rings. The first-order valence-electron chi connectivity index (χ1n) is 9.72. The van der Waals surface area contributed by atoms with Crippen molar-refractivity contribution in [1.29, 1.82) is 0 Å². The van der Waals surface area contributed by atoms with Gasteiger partial charge in [0.15, 0.2) is 11.5 Å². The van der Waals surface area contributed by atoms with E-state index in [2.05, 4.69) is 46.1 Å². The van der Waals surface area contributed by atoms with Gasteiger partial charge in [0, 0.05) is 38.1 Å². The van der Waals surface area contributed by atoms with E-state index in [1.807, 2.05) is 18.5 Å². The van der Waals surface area contributed by atoms with E-state index in [1.54, 1.807) is 14.2 Å². The van der Waals surface area contributed by atoms with Crippen molar-refractivity contribution >= 4 is 0 Å². The van der Waals surface area contributed by atoms with Crippen molar-refractivity contribution in [3.05, 3.63) is 53.9 Å². The monoisotopic (exact) mass is 369 g/mol. The lowest BCUT2D eigenvalue weighted by Crippen LogP contribution is -2.46. The first-order chi connectivity index (χ1) is 13.2. The highest BCUT2D eigenvalue weighted by molar-refractivity contribution is 5.42. The summed E-state index contributed by atoms with van der Waals surface area (Å²) >= 11 is 0. The van der Waals surface area contributed by atoms with Gasteiger partial charge in [-0.1, -0.05) is 6.07 Å². The molecule has 1 aliphatic heterocycles. The Bertz CT molecular complexity index is 708. The third-order valence-corrected chi connectivity index (χ3v) is 5.46. The van der Waals surface area contributed by atoms with Gasteiger partial charge in [-0.15, -0.1) is 0 Å². The van der Waals surface area contributed by atoms with Crippen molar-refractivity contribution in [1.82, 2.24) is 14.8 Å². The lowest BCUT2D eigenvalue weighted by atomic mass is 10.0. The molecule has 1 aromatic heterocycles. The van der Waals surface area contributed by atoms with Gasteiger partial charge in [0.2, 0.25) is 0 Å². The Balaban J connectivity index is 1.52. The molecule has 0 spiro atoms. The molecule has 0 saturated carbocycles. The van der Waals surface area contributed by atoms with Crippen LogP contribution < -0.4 is 9.47 Å². The maximum Gasteiger partial charge on any atom is 0.160 e. The van der Waals surface area contributed by atoms with Crippen molar-refractivity contribution in [2.45, 2.75) is 31.8 Å². The van der Waals surface area contributed by atoms with Gasteiger partial charge in [-0.25, -0.2) is 0 Å². The number of hydrogen-bond acceptors (Lipinski definition) is 5. The summed E-state index contributed by atoms with van der Waals surface area (Å²) in [4.78, 5) is 9.19. The average Bonchev–Trinajstić information content (AvgIpc) is 2.72. The van der Waals surface area contributed by atoms with Crippen LogP contribution >= 0.6 is 0 Å². The fourth-order valence-electron chi connectivity index (χ4n) is 3.81. The van der Waals surface area contributed by atoms with E-state index >= 15 is 0 Å². The van der Waals surface area contributed by atoms with E-state index in [4.69, 9.17) is 9.47 Å². The van der Waals surface area contributed by atoms with Crippen LogP contribution in [0, 0.1) is 0 Å². The second-order valence-corrected chi connectivity index (χ2v) is 7.31. The molecular weight excluding hydrogens is 338 g/mol. The van der Waals surface area contributed by atoms with Crippen LogP contribution in [0.4, 0.5) is 0 Å². The highest BCUT2D eigenvalue weighted by atomic mass is 16.5. The summed E-state index contributed by atoms with van der Waals surface area (Å²) < 4.78 is 10.7. The first-order valence-corrected chi connectivity index (χ1v) is 9.72. The number of piperidine rings is 1. The molecule has 2 heterocycles. The predicted octanol–water partition coefficient (Wildman–Crippen LogP) is 3.24. The smallest absolute Gasteiger partial charge is 0.160 e. The van der Waals surface area contributed by atoms with Gasteiger partial charge in [0.05, 0.1) is 14.2 Å². The zero-order valence-corrected chi connectivity index (χ0v) is 16.7. The topological polar surface area (TPSA) is 37.8 Å². The lowest BCUT2D eigenvalue weighted by Gasteiger charge is -2.37. The Morgan fingerprint density at radius 2 is 1.85 bits per heavy atom. The minimum Gasteiger partial charge on any atom is -0.493 e. The second kappa shape index (κ2) is 9.72. The maximum absolute atomic E-state index is 5.42. The van der Waals surface area contributed by atoms with Crippen LogP contribution in [-0.4, -0.2) is 61.7 Å². The molecule has 3 rings (SSSR count). The summed E-state index contributed by atoms with van der Waals surface area (Å²) in [6, 6.07) is 11.1. The third kappa shape index (κ3) is 5.44. The molecule has 2 aromatic rings. The number of rotatable bonds is 8. The summed E-state index contributed by atoms with van der Waals surface area (Å²) in [5, 5.41) is 0. The van der Waals surface area contributed by atoms with Gasteiger partial charge in [-0.2, -0.15) is 0 Å². The largest absolute Gasteiger partial charge is 0.493 e. The van der Waals surface area contributed by atoms with Gasteiger partial charge >= 0.3 is 0 Å². The minimum absolute atomic E-state index is 0.612. The lowest BCUT2D eigenvalue weighted by molar-refractivity contribution is 0.112. The number of pyridine rings is 1. The van der Waals surface area contributed by atoms with E-state index in [9.17, 15) is 0 Å². The van der Waals surface area contributed by atoms with Crippen LogP contribution in [0.2, 0.25) is 0 Å². The quantitative estimate of drug-likeness (QED) is 0.714. The van der Waals surface area contributed by atoms with Crippen LogP contribution in [0.1, 0.15) is 24.0 Å². The van der Waals surface area contributed by atoms with Gasteiger partial charge in [-0.3, -0.25) is 9.88 Å². The number of methoxy groups -OCH3 is 2. The zero-order valence-electron chi connectivity index (χ0n) is 16.7. The summed E-state index contributed by atoms with van der Waals surface area (Å²) in [6.45, 7) is 4.37. The summed E-state index contributed by atoms with van der Waals surface area (Å²) in [7, 11) is 5.61. The molecule has 1 aliphatic rings. The second-order valence-electron chi connectivity index (χ2n) is 7.31.